The van der Waals surface area contributed by atoms with Crippen molar-refractivity contribution < 1.29 is 9.53 Å². The van der Waals surface area contributed by atoms with Gasteiger partial charge in [-0.1, -0.05) is 6.07 Å². The number of carbonyl (C=O) groups is 1. The Balaban J connectivity index is 1.58. The molecule has 28 heavy (non-hydrogen) atoms. The number of anilines is 1. The molecule has 1 aliphatic rings. The van der Waals surface area contributed by atoms with E-state index in [4.69, 9.17) is 4.74 Å². The van der Waals surface area contributed by atoms with E-state index in [1.54, 1.807) is 13.2 Å². The van der Waals surface area contributed by atoms with Crippen LogP contribution in [0, 0.1) is 0 Å². The number of nitrogens with zero attached hydrogens (tertiary/aromatic N) is 4. The molecule has 1 N–H and O–H groups in total. The molecule has 9 heteroatoms. The van der Waals surface area contributed by atoms with Crippen molar-refractivity contribution in [3.63, 3.8) is 0 Å². The fraction of sp³-hybridized carbons (Fsp3) is 0.368. The minimum atomic E-state index is -0.449. The Morgan fingerprint density at radius 1 is 1.25 bits per heavy atom. The van der Waals surface area contributed by atoms with Gasteiger partial charge < -0.3 is 19.5 Å². The van der Waals surface area contributed by atoms with Crippen molar-refractivity contribution >= 4 is 17.8 Å². The van der Waals surface area contributed by atoms with Gasteiger partial charge in [-0.15, -0.1) is 0 Å². The topological polar surface area (TPSA) is 98.5 Å². The zero-order valence-electron chi connectivity index (χ0n) is 15.9. The van der Waals surface area contributed by atoms with E-state index in [0.29, 0.717) is 19.8 Å². The highest BCUT2D eigenvalue weighted by atomic mass is 16.5. The molecule has 1 amide bonds. The average Bonchev–Trinajstić information content (AvgIpc) is 2.73. The lowest BCUT2D eigenvalue weighted by atomic mass is 10.2. The lowest BCUT2D eigenvalue weighted by Gasteiger charge is -2.27. The number of hydrogen-bond acceptors (Lipinski definition) is 6. The smallest absolute Gasteiger partial charge is 0.330 e. The van der Waals surface area contributed by atoms with Gasteiger partial charge in [-0.2, -0.15) is 0 Å². The molecule has 0 saturated carbocycles. The molecule has 1 saturated heterocycles. The summed E-state index contributed by atoms with van der Waals surface area (Å²) < 4.78 is 7.62. The average molecular weight is 385 g/mol. The third-order valence-corrected chi connectivity index (χ3v) is 4.50. The number of aryl methyl sites for hydroxylation is 1. The Bertz CT molecular complexity index is 985. The number of pyridine rings is 1. The minimum absolute atomic E-state index is 0.260. The van der Waals surface area contributed by atoms with Gasteiger partial charge in [-0.3, -0.25) is 14.2 Å². The van der Waals surface area contributed by atoms with E-state index < -0.39 is 11.2 Å². The normalized spacial score (nSPS) is 14.4. The SMILES string of the molecule is Cn1cc(/C=C/C(=O)NCc2ccc(N3CCOCC3)nc2)c(=O)n(C)c1=O. The Morgan fingerprint density at radius 2 is 2.00 bits per heavy atom. The summed E-state index contributed by atoms with van der Waals surface area (Å²) in [6.45, 7) is 3.36. The van der Waals surface area contributed by atoms with Crippen molar-refractivity contribution in [3.8, 4) is 0 Å². The number of nitrogens with one attached hydrogen (secondary N) is 1. The molecule has 2 aromatic heterocycles. The van der Waals surface area contributed by atoms with Crippen LogP contribution in [-0.2, 0) is 30.2 Å². The van der Waals surface area contributed by atoms with Gasteiger partial charge in [0, 0.05) is 52.2 Å². The molecule has 0 aromatic carbocycles. The number of carbonyl (C=O) groups excluding carboxylic acids is 1. The standard InChI is InChI=1S/C19H23N5O4/c1-22-13-15(18(26)23(2)19(22)27)4-6-17(25)21-12-14-3-5-16(20-11-14)24-7-9-28-10-8-24/h3-6,11,13H,7-10,12H2,1-2H3,(H,21,25)/b6-4+. The zero-order chi connectivity index (χ0) is 20.1. The van der Waals surface area contributed by atoms with Crippen LogP contribution < -0.4 is 21.5 Å². The van der Waals surface area contributed by atoms with Gasteiger partial charge in [0.25, 0.3) is 5.56 Å². The third kappa shape index (κ3) is 4.55. The molecule has 0 atom stereocenters. The van der Waals surface area contributed by atoms with E-state index in [-0.39, 0.29) is 11.5 Å². The summed E-state index contributed by atoms with van der Waals surface area (Å²) in [7, 11) is 2.95. The first-order valence-corrected chi connectivity index (χ1v) is 8.96. The first kappa shape index (κ1) is 19.6. The van der Waals surface area contributed by atoms with Crippen LogP contribution in [0.2, 0.25) is 0 Å². The van der Waals surface area contributed by atoms with Crippen LogP contribution in [0.5, 0.6) is 0 Å². The van der Waals surface area contributed by atoms with E-state index in [2.05, 4.69) is 15.2 Å². The van der Waals surface area contributed by atoms with Crippen molar-refractivity contribution in [1.82, 2.24) is 19.4 Å². The van der Waals surface area contributed by atoms with Gasteiger partial charge in [-0.25, -0.2) is 9.78 Å². The van der Waals surface area contributed by atoms with Gasteiger partial charge in [0.2, 0.25) is 5.91 Å². The largest absolute Gasteiger partial charge is 0.378 e. The highest BCUT2D eigenvalue weighted by molar-refractivity contribution is 5.91. The molecule has 1 fully saturated rings. The third-order valence-electron chi connectivity index (χ3n) is 4.50. The second kappa shape index (κ2) is 8.66. The van der Waals surface area contributed by atoms with Crippen LogP contribution >= 0.6 is 0 Å². The second-order valence-corrected chi connectivity index (χ2v) is 6.52. The predicted octanol–water partition coefficient (Wildman–Crippen LogP) is -0.355. The molecule has 148 valence electrons. The number of ether oxygens (including phenoxy) is 1. The van der Waals surface area contributed by atoms with E-state index in [1.807, 2.05) is 12.1 Å². The molecule has 0 bridgehead atoms. The number of aromatic nitrogens is 3. The molecule has 0 radical (unpaired) electrons. The van der Waals surface area contributed by atoms with Crippen LogP contribution in [0.15, 0.2) is 40.2 Å². The van der Waals surface area contributed by atoms with Crippen molar-refractivity contribution in [2.75, 3.05) is 31.2 Å². The molecule has 3 rings (SSSR count). The lowest BCUT2D eigenvalue weighted by Crippen LogP contribution is -2.37. The molecule has 1 aliphatic heterocycles. The zero-order valence-corrected chi connectivity index (χ0v) is 15.9. The van der Waals surface area contributed by atoms with Crippen LogP contribution in [0.3, 0.4) is 0 Å². The van der Waals surface area contributed by atoms with E-state index in [1.165, 1.54) is 30.0 Å². The summed E-state index contributed by atoms with van der Waals surface area (Å²) in [6, 6.07) is 3.85. The summed E-state index contributed by atoms with van der Waals surface area (Å²) in [5, 5.41) is 2.75. The second-order valence-electron chi connectivity index (χ2n) is 6.52. The summed E-state index contributed by atoms with van der Waals surface area (Å²) in [5.41, 5.74) is 0.266. The highest BCUT2D eigenvalue weighted by Gasteiger charge is 2.12. The number of rotatable bonds is 5. The summed E-state index contributed by atoms with van der Waals surface area (Å²) in [6.07, 6.45) is 5.81. The summed E-state index contributed by atoms with van der Waals surface area (Å²) in [4.78, 5) is 42.3. The highest BCUT2D eigenvalue weighted by Crippen LogP contribution is 2.12. The van der Waals surface area contributed by atoms with Crippen molar-refractivity contribution in [2.45, 2.75) is 6.54 Å². The van der Waals surface area contributed by atoms with Gasteiger partial charge >= 0.3 is 5.69 Å². The number of amides is 1. The van der Waals surface area contributed by atoms with Gasteiger partial charge in [0.1, 0.15) is 5.82 Å². The van der Waals surface area contributed by atoms with Crippen LogP contribution in [-0.4, -0.2) is 46.3 Å². The Kier molecular flexibility index (Phi) is 6.05. The Morgan fingerprint density at radius 3 is 2.68 bits per heavy atom. The Labute approximate surface area is 161 Å². The van der Waals surface area contributed by atoms with Gasteiger partial charge in [0.05, 0.1) is 18.8 Å². The maximum absolute atomic E-state index is 12.0. The van der Waals surface area contributed by atoms with Crippen LogP contribution in [0.25, 0.3) is 6.08 Å². The van der Waals surface area contributed by atoms with Gasteiger partial charge in [0.15, 0.2) is 0 Å². The van der Waals surface area contributed by atoms with Crippen molar-refractivity contribution in [2.24, 2.45) is 14.1 Å². The molecule has 0 aliphatic carbocycles. The van der Waals surface area contributed by atoms with E-state index >= 15 is 0 Å². The number of hydrogen-bond donors (Lipinski definition) is 1. The molecular weight excluding hydrogens is 362 g/mol. The molecule has 9 nitrogen and oxygen atoms in total. The fourth-order valence-corrected chi connectivity index (χ4v) is 2.86. The van der Waals surface area contributed by atoms with E-state index in [0.717, 1.165) is 29.0 Å². The quantitative estimate of drug-likeness (QED) is 0.706. The molecule has 0 unspecified atom stereocenters. The first-order valence-electron chi connectivity index (χ1n) is 8.96. The summed E-state index contributed by atoms with van der Waals surface area (Å²) in [5.74, 6) is 0.553. The number of morpholine rings is 1. The maximum atomic E-state index is 12.0. The minimum Gasteiger partial charge on any atom is -0.378 e. The predicted molar refractivity (Wildman–Crippen MR) is 105 cm³/mol. The summed E-state index contributed by atoms with van der Waals surface area (Å²) >= 11 is 0. The van der Waals surface area contributed by atoms with E-state index in [9.17, 15) is 14.4 Å². The molecule has 2 aromatic rings. The van der Waals surface area contributed by atoms with Crippen LogP contribution in [0.4, 0.5) is 5.82 Å². The molecule has 0 spiro atoms. The Hall–Kier alpha value is -3.20. The van der Waals surface area contributed by atoms with Crippen molar-refractivity contribution in [1.29, 1.82) is 0 Å². The van der Waals surface area contributed by atoms with Crippen molar-refractivity contribution in [3.05, 3.63) is 62.6 Å². The lowest BCUT2D eigenvalue weighted by molar-refractivity contribution is -0.116. The first-order chi connectivity index (χ1) is 13.5. The monoisotopic (exact) mass is 385 g/mol. The van der Waals surface area contributed by atoms with Crippen LogP contribution in [0.1, 0.15) is 11.1 Å². The fourth-order valence-electron chi connectivity index (χ4n) is 2.86. The van der Waals surface area contributed by atoms with Gasteiger partial charge in [-0.05, 0) is 17.7 Å². The molecule has 3 heterocycles. The molecular formula is C19H23N5O4. The maximum Gasteiger partial charge on any atom is 0.330 e.